The van der Waals surface area contributed by atoms with Gasteiger partial charge < -0.3 is 14.4 Å². The van der Waals surface area contributed by atoms with Crippen molar-refractivity contribution >= 4 is 5.97 Å². The van der Waals surface area contributed by atoms with E-state index < -0.39 is 0 Å². The molecule has 5 heteroatoms. The molecule has 26 heavy (non-hydrogen) atoms. The Hall–Kier alpha value is -1.36. The van der Waals surface area contributed by atoms with E-state index in [4.69, 9.17) is 4.52 Å². The average Bonchev–Trinajstić information content (AvgIpc) is 3.18. The van der Waals surface area contributed by atoms with Crippen LogP contribution in [0.2, 0.25) is 0 Å². The lowest BCUT2D eigenvalue weighted by Crippen LogP contribution is -2.19. The second kappa shape index (κ2) is 10.7. The SMILES string of the molecule is CCCCCc1cc([C@@H]2[C@@H](CCCCCC(=O)OC)[C@@H](O)C[C@H]2C)no1. The number of esters is 1. The fraction of sp³-hybridized carbons (Fsp3) is 0.810. The highest BCUT2D eigenvalue weighted by atomic mass is 16.5. The molecule has 1 saturated carbocycles. The number of carbonyl (C=O) groups is 1. The fourth-order valence-electron chi connectivity index (χ4n) is 4.33. The van der Waals surface area contributed by atoms with Gasteiger partial charge in [-0.1, -0.05) is 44.7 Å². The molecular formula is C21H35NO4. The summed E-state index contributed by atoms with van der Waals surface area (Å²) in [5.74, 6) is 1.75. The minimum atomic E-state index is -0.268. The molecule has 1 aliphatic carbocycles. The molecule has 0 amide bonds. The second-order valence-corrected chi connectivity index (χ2v) is 7.82. The molecule has 1 N–H and O–H groups in total. The van der Waals surface area contributed by atoms with Gasteiger partial charge >= 0.3 is 5.97 Å². The van der Waals surface area contributed by atoms with Gasteiger partial charge in [0.15, 0.2) is 0 Å². The molecular weight excluding hydrogens is 330 g/mol. The van der Waals surface area contributed by atoms with E-state index in [1.165, 1.54) is 20.0 Å². The maximum Gasteiger partial charge on any atom is 0.305 e. The van der Waals surface area contributed by atoms with Crippen LogP contribution in [0.5, 0.6) is 0 Å². The Morgan fingerprint density at radius 3 is 2.85 bits per heavy atom. The van der Waals surface area contributed by atoms with Crippen LogP contribution in [-0.2, 0) is 16.0 Å². The molecule has 0 unspecified atom stereocenters. The molecule has 4 atom stereocenters. The van der Waals surface area contributed by atoms with Gasteiger partial charge in [-0.3, -0.25) is 4.79 Å². The molecule has 148 valence electrons. The predicted octanol–water partition coefficient (Wildman–Crippen LogP) is 4.63. The van der Waals surface area contributed by atoms with Crippen LogP contribution >= 0.6 is 0 Å². The minimum absolute atomic E-state index is 0.143. The van der Waals surface area contributed by atoms with Crippen LogP contribution in [-0.4, -0.2) is 29.4 Å². The van der Waals surface area contributed by atoms with E-state index in [9.17, 15) is 9.90 Å². The first-order valence-corrected chi connectivity index (χ1v) is 10.3. The van der Waals surface area contributed by atoms with Crippen molar-refractivity contribution < 1.29 is 19.2 Å². The van der Waals surface area contributed by atoms with Crippen molar-refractivity contribution in [3.05, 3.63) is 17.5 Å². The average molecular weight is 366 g/mol. The lowest BCUT2D eigenvalue weighted by molar-refractivity contribution is -0.140. The Morgan fingerprint density at radius 1 is 1.31 bits per heavy atom. The molecule has 1 aromatic heterocycles. The molecule has 0 spiro atoms. The van der Waals surface area contributed by atoms with Crippen LogP contribution in [0.25, 0.3) is 0 Å². The summed E-state index contributed by atoms with van der Waals surface area (Å²) in [7, 11) is 1.43. The Labute approximate surface area is 157 Å². The van der Waals surface area contributed by atoms with Gasteiger partial charge in [-0.05, 0) is 37.5 Å². The number of hydrogen-bond acceptors (Lipinski definition) is 5. The van der Waals surface area contributed by atoms with E-state index in [1.54, 1.807) is 0 Å². The van der Waals surface area contributed by atoms with E-state index in [1.807, 2.05) is 0 Å². The third-order valence-electron chi connectivity index (χ3n) is 5.77. The normalized spacial score (nSPS) is 25.5. The van der Waals surface area contributed by atoms with Gasteiger partial charge in [-0.2, -0.15) is 0 Å². The van der Waals surface area contributed by atoms with Crippen LogP contribution in [0, 0.1) is 11.8 Å². The Bertz CT molecular complexity index is 542. The van der Waals surface area contributed by atoms with Crippen molar-refractivity contribution in [2.75, 3.05) is 7.11 Å². The van der Waals surface area contributed by atoms with E-state index in [2.05, 4.69) is 29.8 Å². The smallest absolute Gasteiger partial charge is 0.305 e. The molecule has 0 aromatic carbocycles. The summed E-state index contributed by atoms with van der Waals surface area (Å²) in [5, 5.41) is 14.9. The van der Waals surface area contributed by atoms with Gasteiger partial charge in [-0.25, -0.2) is 0 Å². The van der Waals surface area contributed by atoms with Gasteiger partial charge in [-0.15, -0.1) is 0 Å². The van der Waals surface area contributed by atoms with Gasteiger partial charge in [0, 0.05) is 24.8 Å². The zero-order valence-corrected chi connectivity index (χ0v) is 16.6. The van der Waals surface area contributed by atoms with Gasteiger partial charge in [0.1, 0.15) is 5.76 Å². The maximum atomic E-state index is 11.2. The zero-order valence-electron chi connectivity index (χ0n) is 16.6. The number of aromatic nitrogens is 1. The van der Waals surface area contributed by atoms with Crippen LogP contribution in [0.1, 0.15) is 89.0 Å². The number of aryl methyl sites for hydroxylation is 1. The number of rotatable bonds is 11. The number of aliphatic hydroxyl groups excluding tert-OH is 1. The summed E-state index contributed by atoms with van der Waals surface area (Å²) in [6.07, 6.45) is 9.36. The highest BCUT2D eigenvalue weighted by Crippen LogP contribution is 2.46. The third-order valence-corrected chi connectivity index (χ3v) is 5.77. The highest BCUT2D eigenvalue weighted by Gasteiger charge is 2.42. The van der Waals surface area contributed by atoms with Gasteiger partial charge in [0.25, 0.3) is 0 Å². The molecule has 0 aliphatic heterocycles. The molecule has 1 aliphatic rings. The molecule has 0 saturated heterocycles. The third kappa shape index (κ3) is 5.83. The lowest BCUT2D eigenvalue weighted by atomic mass is 9.83. The van der Waals surface area contributed by atoms with Crippen LogP contribution in [0.15, 0.2) is 10.6 Å². The number of ether oxygens (including phenoxy) is 1. The van der Waals surface area contributed by atoms with Crippen LogP contribution < -0.4 is 0 Å². The van der Waals surface area contributed by atoms with Crippen molar-refractivity contribution in [1.82, 2.24) is 5.16 Å². The predicted molar refractivity (Wildman–Crippen MR) is 101 cm³/mol. The Morgan fingerprint density at radius 2 is 2.12 bits per heavy atom. The van der Waals surface area contributed by atoms with Crippen molar-refractivity contribution in [3.63, 3.8) is 0 Å². The number of nitrogens with zero attached hydrogens (tertiary/aromatic N) is 1. The number of methoxy groups -OCH3 is 1. The van der Waals surface area contributed by atoms with E-state index in [0.29, 0.717) is 12.3 Å². The van der Waals surface area contributed by atoms with Crippen LogP contribution in [0.3, 0.4) is 0 Å². The number of hydrogen-bond donors (Lipinski definition) is 1. The first-order valence-electron chi connectivity index (χ1n) is 10.3. The van der Waals surface area contributed by atoms with Crippen LogP contribution in [0.4, 0.5) is 0 Å². The minimum Gasteiger partial charge on any atom is -0.469 e. The summed E-state index contributed by atoms with van der Waals surface area (Å²) >= 11 is 0. The topological polar surface area (TPSA) is 72.6 Å². The first kappa shape index (κ1) is 20.9. The summed E-state index contributed by atoms with van der Waals surface area (Å²) in [6.45, 7) is 4.40. The molecule has 1 fully saturated rings. The summed E-state index contributed by atoms with van der Waals surface area (Å²) in [4.78, 5) is 11.2. The molecule has 0 radical (unpaired) electrons. The van der Waals surface area contributed by atoms with E-state index >= 15 is 0 Å². The quantitative estimate of drug-likeness (QED) is 0.457. The number of carbonyl (C=O) groups excluding carboxylic acids is 1. The van der Waals surface area contributed by atoms with Gasteiger partial charge in [0.2, 0.25) is 0 Å². The summed E-state index contributed by atoms with van der Waals surface area (Å²) in [6, 6.07) is 2.11. The molecule has 5 nitrogen and oxygen atoms in total. The summed E-state index contributed by atoms with van der Waals surface area (Å²) < 4.78 is 10.2. The Balaban J connectivity index is 1.87. The maximum absolute atomic E-state index is 11.2. The lowest BCUT2D eigenvalue weighted by Gasteiger charge is -2.22. The molecule has 2 rings (SSSR count). The van der Waals surface area contributed by atoms with Crippen molar-refractivity contribution in [1.29, 1.82) is 0 Å². The fourth-order valence-corrected chi connectivity index (χ4v) is 4.33. The Kier molecular flexibility index (Phi) is 8.63. The molecule has 1 aromatic rings. The second-order valence-electron chi connectivity index (χ2n) is 7.82. The van der Waals surface area contributed by atoms with E-state index in [0.717, 1.165) is 56.4 Å². The monoisotopic (exact) mass is 365 g/mol. The number of unbranched alkanes of at least 4 members (excludes halogenated alkanes) is 4. The van der Waals surface area contributed by atoms with Crippen molar-refractivity contribution in [3.8, 4) is 0 Å². The van der Waals surface area contributed by atoms with E-state index in [-0.39, 0.29) is 23.9 Å². The van der Waals surface area contributed by atoms with Gasteiger partial charge in [0.05, 0.1) is 18.9 Å². The first-order chi connectivity index (χ1) is 12.6. The number of aliphatic hydroxyl groups is 1. The highest BCUT2D eigenvalue weighted by molar-refractivity contribution is 5.68. The molecule has 0 bridgehead atoms. The summed E-state index contributed by atoms with van der Waals surface area (Å²) in [5.41, 5.74) is 1.01. The zero-order chi connectivity index (χ0) is 18.9. The molecule has 1 heterocycles. The van der Waals surface area contributed by atoms with Crippen molar-refractivity contribution in [2.45, 2.75) is 90.1 Å². The van der Waals surface area contributed by atoms with Crippen molar-refractivity contribution in [2.24, 2.45) is 11.8 Å². The largest absolute Gasteiger partial charge is 0.469 e. The standard InChI is InChI=1S/C21H35NO4/c1-4-5-7-10-16-14-18(22-26-16)21-15(2)13-19(23)17(21)11-8-6-9-12-20(24)25-3/h14-15,17,19,21,23H,4-13H2,1-3H3/t15-,17+,19+,21+/m1/s1.